The van der Waals surface area contributed by atoms with Gasteiger partial charge in [-0.05, 0) is 37.1 Å². The molecule has 2 atom stereocenters. The summed E-state index contributed by atoms with van der Waals surface area (Å²) in [4.78, 5) is 23.2. The van der Waals surface area contributed by atoms with Crippen LogP contribution in [0, 0.1) is 5.82 Å². The van der Waals surface area contributed by atoms with Crippen LogP contribution >= 0.6 is 7.82 Å². The van der Waals surface area contributed by atoms with E-state index < -0.39 is 54.2 Å². The SMILES string of the molecule is C[N+](C)(C)CCOP(=O)(O)OCC(OC(=O)N1CCC2(CC1)CN(S(=O)(=O)c1ccc(F)cc1)CCO2)C(F)(F)F. The third kappa shape index (κ3) is 9.58. The van der Waals surface area contributed by atoms with E-state index in [1.54, 1.807) is 21.1 Å². The first-order valence-corrected chi connectivity index (χ1v) is 15.6. The number of carbonyl (C=O) groups excluding carboxylic acids is 1. The largest absolute Gasteiger partial charge is 0.472 e. The number of likely N-dealkylation sites (N-methyl/N-ethyl adjacent to an activating group) is 1. The molecule has 1 spiro atoms. The van der Waals surface area contributed by atoms with Gasteiger partial charge in [-0.1, -0.05) is 0 Å². The molecule has 2 fully saturated rings. The minimum atomic E-state index is -5.10. The molecule has 41 heavy (non-hydrogen) atoms. The minimum Gasteiger partial charge on any atom is -0.434 e. The summed E-state index contributed by atoms with van der Waals surface area (Å²) >= 11 is 0. The minimum absolute atomic E-state index is 0.0498. The van der Waals surface area contributed by atoms with Crippen LogP contribution in [-0.2, 0) is 33.1 Å². The second-order valence-corrected chi connectivity index (χ2v) is 14.2. The Bertz CT molecular complexity index is 1200. The number of sulfonamides is 1. The van der Waals surface area contributed by atoms with Gasteiger partial charge in [0.05, 0.1) is 38.2 Å². The van der Waals surface area contributed by atoms with Gasteiger partial charge in [0.1, 0.15) is 25.6 Å². The van der Waals surface area contributed by atoms with Gasteiger partial charge in [-0.25, -0.2) is 22.2 Å². The highest BCUT2D eigenvalue weighted by Gasteiger charge is 2.47. The van der Waals surface area contributed by atoms with Crippen LogP contribution in [0.15, 0.2) is 29.2 Å². The van der Waals surface area contributed by atoms with Crippen LogP contribution in [-0.4, -0.2) is 125 Å². The smallest absolute Gasteiger partial charge is 0.434 e. The fraction of sp³-hybridized carbons (Fsp3) is 0.696. The number of halogens is 4. The zero-order chi connectivity index (χ0) is 30.7. The monoisotopic (exact) mass is 636 g/mol. The van der Waals surface area contributed by atoms with Gasteiger partial charge >= 0.3 is 20.1 Å². The highest BCUT2D eigenvalue weighted by molar-refractivity contribution is 7.89. The molecule has 0 aromatic heterocycles. The number of amides is 1. The van der Waals surface area contributed by atoms with Gasteiger partial charge in [0.25, 0.3) is 0 Å². The quantitative estimate of drug-likeness (QED) is 0.234. The van der Waals surface area contributed by atoms with Gasteiger partial charge in [0, 0.05) is 26.2 Å². The molecule has 234 valence electrons. The van der Waals surface area contributed by atoms with Crippen LogP contribution in [0.1, 0.15) is 12.8 Å². The number of piperidine rings is 1. The van der Waals surface area contributed by atoms with E-state index >= 15 is 0 Å². The standard InChI is InChI=1S/C23H34F4N3O9PS/c1-30(2,3)13-15-37-40(32,33)38-16-20(23(25,26)27)39-21(31)28-10-8-22(9-11-28)17-29(12-14-36-22)41(34,35)19-6-4-18(24)5-7-19/h4-7,20H,8-17H2,1-3H3/p+1. The van der Waals surface area contributed by atoms with E-state index in [1.807, 2.05) is 0 Å². The van der Waals surface area contributed by atoms with Crippen LogP contribution in [0.5, 0.6) is 0 Å². The summed E-state index contributed by atoms with van der Waals surface area (Å²) in [5.74, 6) is -0.588. The summed E-state index contributed by atoms with van der Waals surface area (Å²) in [5, 5.41) is 0. The number of rotatable bonds is 10. The van der Waals surface area contributed by atoms with E-state index in [4.69, 9.17) is 9.26 Å². The predicted molar refractivity (Wildman–Crippen MR) is 136 cm³/mol. The fourth-order valence-corrected chi connectivity index (χ4v) is 6.40. The van der Waals surface area contributed by atoms with Crippen molar-refractivity contribution in [2.45, 2.75) is 35.6 Å². The average molecular weight is 637 g/mol. The Morgan fingerprint density at radius 3 is 2.32 bits per heavy atom. The zero-order valence-electron chi connectivity index (χ0n) is 22.9. The van der Waals surface area contributed by atoms with Gasteiger partial charge < -0.3 is 23.8 Å². The number of nitrogens with zero attached hydrogens (tertiary/aromatic N) is 3. The van der Waals surface area contributed by atoms with Crippen molar-refractivity contribution in [3.63, 3.8) is 0 Å². The molecule has 0 saturated carbocycles. The summed E-state index contributed by atoms with van der Waals surface area (Å²) in [6.07, 6.45) is -9.05. The predicted octanol–water partition coefficient (Wildman–Crippen LogP) is 2.59. The third-order valence-electron chi connectivity index (χ3n) is 6.61. The van der Waals surface area contributed by atoms with Crippen molar-refractivity contribution in [1.29, 1.82) is 0 Å². The van der Waals surface area contributed by atoms with Gasteiger partial charge in [-0.2, -0.15) is 17.5 Å². The summed E-state index contributed by atoms with van der Waals surface area (Å²) in [6.45, 7) is -1.58. The Kier molecular flexibility index (Phi) is 10.5. The van der Waals surface area contributed by atoms with Crippen molar-refractivity contribution in [1.82, 2.24) is 9.21 Å². The van der Waals surface area contributed by atoms with Crippen molar-refractivity contribution in [2.24, 2.45) is 0 Å². The summed E-state index contributed by atoms with van der Waals surface area (Å²) in [7, 11) is -3.47. The Labute approximate surface area is 235 Å². The normalized spacial score (nSPS) is 20.9. The molecule has 2 aliphatic rings. The first-order valence-electron chi connectivity index (χ1n) is 12.7. The third-order valence-corrected chi connectivity index (χ3v) is 9.46. The van der Waals surface area contributed by atoms with Crippen LogP contribution in [0.3, 0.4) is 0 Å². The topological polar surface area (TPSA) is 132 Å². The van der Waals surface area contributed by atoms with Crippen LogP contribution in [0.25, 0.3) is 0 Å². The van der Waals surface area contributed by atoms with E-state index in [0.717, 1.165) is 29.2 Å². The van der Waals surface area contributed by atoms with Gasteiger partial charge in [0.15, 0.2) is 0 Å². The van der Waals surface area contributed by atoms with E-state index in [-0.39, 0.29) is 63.7 Å². The number of morpholine rings is 1. The van der Waals surface area contributed by atoms with Gasteiger partial charge in [-0.15, -0.1) is 0 Å². The lowest BCUT2D eigenvalue weighted by Crippen LogP contribution is -2.58. The highest BCUT2D eigenvalue weighted by atomic mass is 32.2. The molecule has 2 heterocycles. The van der Waals surface area contributed by atoms with Crippen LogP contribution < -0.4 is 0 Å². The van der Waals surface area contributed by atoms with Gasteiger partial charge in [0.2, 0.25) is 16.1 Å². The Hall–Kier alpha value is -1.85. The second-order valence-electron chi connectivity index (χ2n) is 10.8. The second kappa shape index (κ2) is 12.8. The number of alkyl halides is 3. The number of ether oxygens (including phenoxy) is 2. The molecule has 0 aliphatic carbocycles. The first-order chi connectivity index (χ1) is 18.8. The number of hydrogen-bond acceptors (Lipinski definition) is 8. The molecule has 1 amide bonds. The molecular weight excluding hydrogens is 601 g/mol. The van der Waals surface area contributed by atoms with Crippen molar-refractivity contribution in [2.75, 3.05) is 73.7 Å². The highest BCUT2D eigenvalue weighted by Crippen LogP contribution is 2.44. The molecule has 2 unspecified atom stereocenters. The maximum absolute atomic E-state index is 13.5. The number of quaternary nitrogens is 1. The summed E-state index contributed by atoms with van der Waals surface area (Å²) in [6, 6.07) is 4.37. The molecule has 0 radical (unpaired) electrons. The molecule has 18 heteroatoms. The van der Waals surface area contributed by atoms with Crippen LogP contribution in [0.4, 0.5) is 22.4 Å². The molecule has 2 aliphatic heterocycles. The van der Waals surface area contributed by atoms with Crippen molar-refractivity contribution in [3.05, 3.63) is 30.1 Å². The maximum Gasteiger partial charge on any atom is 0.472 e. The van der Waals surface area contributed by atoms with E-state index in [2.05, 4.69) is 9.26 Å². The number of likely N-dealkylation sites (tertiary alicyclic amines) is 1. The lowest BCUT2D eigenvalue weighted by molar-refractivity contribution is -0.870. The van der Waals surface area contributed by atoms with E-state index in [1.165, 1.54) is 4.31 Å². The molecule has 1 aromatic rings. The first kappa shape index (κ1) is 33.6. The Morgan fingerprint density at radius 2 is 1.76 bits per heavy atom. The van der Waals surface area contributed by atoms with Crippen molar-refractivity contribution >= 4 is 23.9 Å². The Morgan fingerprint density at radius 1 is 1.15 bits per heavy atom. The molecule has 1 aromatic carbocycles. The summed E-state index contributed by atoms with van der Waals surface area (Å²) in [5.41, 5.74) is -0.985. The molecule has 12 nitrogen and oxygen atoms in total. The van der Waals surface area contributed by atoms with Crippen LogP contribution in [0.2, 0.25) is 0 Å². The molecule has 0 bridgehead atoms. The zero-order valence-corrected chi connectivity index (χ0v) is 24.6. The Balaban J connectivity index is 1.56. The number of hydrogen-bond donors (Lipinski definition) is 1. The lowest BCUT2D eigenvalue weighted by Gasteiger charge is -2.46. The molecule has 1 N–H and O–H groups in total. The van der Waals surface area contributed by atoms with Gasteiger partial charge in [-0.3, -0.25) is 9.05 Å². The lowest BCUT2D eigenvalue weighted by atomic mass is 9.90. The number of carbonyl (C=O) groups is 1. The number of benzene rings is 1. The number of phosphoric acid groups is 1. The van der Waals surface area contributed by atoms with Crippen molar-refractivity contribution < 1.29 is 63.2 Å². The summed E-state index contributed by atoms with van der Waals surface area (Å²) < 4.78 is 113. The van der Waals surface area contributed by atoms with E-state index in [9.17, 15) is 40.2 Å². The fourth-order valence-electron chi connectivity index (χ4n) is 4.19. The molecule has 3 rings (SSSR count). The maximum atomic E-state index is 13.5. The number of phosphoric ester groups is 1. The van der Waals surface area contributed by atoms with E-state index in [0.29, 0.717) is 4.48 Å². The van der Waals surface area contributed by atoms with Crippen molar-refractivity contribution in [3.8, 4) is 0 Å². The molecule has 2 saturated heterocycles. The average Bonchev–Trinajstić information content (AvgIpc) is 2.85. The molecular formula is C23H35F4N3O9PS+.